The van der Waals surface area contributed by atoms with E-state index in [2.05, 4.69) is 98.7 Å². The number of thioether (sulfide) groups is 1. The minimum absolute atomic E-state index is 0.207. The van der Waals surface area contributed by atoms with E-state index in [1.165, 1.54) is 21.6 Å². The van der Waals surface area contributed by atoms with Gasteiger partial charge in [0.1, 0.15) is 5.75 Å². The van der Waals surface area contributed by atoms with Crippen molar-refractivity contribution in [3.8, 4) is 5.75 Å². The molecule has 0 bridgehead atoms. The van der Waals surface area contributed by atoms with Crippen LogP contribution in [0.15, 0.2) is 65.6 Å². The summed E-state index contributed by atoms with van der Waals surface area (Å²) in [5.74, 6) is 0.456. The number of rotatable bonds is 9. The fraction of sp³-hybridized carbons (Fsp3) is 0.361. The quantitative estimate of drug-likeness (QED) is 0.159. The highest BCUT2D eigenvalue weighted by atomic mass is 32.2. The lowest BCUT2D eigenvalue weighted by Crippen LogP contribution is -2.34. The molecule has 0 atom stereocenters. The molecule has 6 heteroatoms. The molecule has 0 saturated heterocycles. The zero-order chi connectivity index (χ0) is 30.0. The van der Waals surface area contributed by atoms with E-state index in [0.29, 0.717) is 23.9 Å². The number of carbonyl (C=O) groups is 1. The van der Waals surface area contributed by atoms with Gasteiger partial charge in [-0.05, 0) is 82.9 Å². The van der Waals surface area contributed by atoms with E-state index in [0.717, 1.165) is 52.8 Å². The first-order valence-electron chi connectivity index (χ1n) is 14.9. The van der Waals surface area contributed by atoms with Crippen LogP contribution < -0.4 is 0 Å². The summed E-state index contributed by atoms with van der Waals surface area (Å²) in [6.45, 7) is 15.3. The van der Waals surface area contributed by atoms with Crippen LogP contribution in [0.5, 0.6) is 5.75 Å². The minimum atomic E-state index is -0.349. The van der Waals surface area contributed by atoms with Crippen LogP contribution in [-0.2, 0) is 17.0 Å². The molecule has 0 fully saturated rings. The number of ether oxygens (including phenoxy) is 1. The molecule has 5 rings (SSSR count). The Morgan fingerprint density at radius 2 is 1.76 bits per heavy atom. The molecule has 42 heavy (non-hydrogen) atoms. The topological polar surface area (TPSA) is 54.7 Å². The second-order valence-corrected chi connectivity index (χ2v) is 12.6. The van der Waals surface area contributed by atoms with E-state index >= 15 is 0 Å². The summed E-state index contributed by atoms with van der Waals surface area (Å²) in [5, 5.41) is 12.1. The Kier molecular flexibility index (Phi) is 9.14. The molecule has 1 aromatic heterocycles. The van der Waals surface area contributed by atoms with Crippen LogP contribution in [0.4, 0.5) is 0 Å². The second kappa shape index (κ2) is 12.8. The van der Waals surface area contributed by atoms with Gasteiger partial charge >= 0.3 is 5.97 Å². The number of carbonyl (C=O) groups excluding carboxylic acids is 1. The van der Waals surface area contributed by atoms with Crippen LogP contribution in [0, 0.1) is 20.8 Å². The third-order valence-electron chi connectivity index (χ3n) is 8.24. The first-order valence-corrected chi connectivity index (χ1v) is 15.9. The number of aryl methyl sites for hydroxylation is 3. The van der Waals surface area contributed by atoms with Crippen molar-refractivity contribution >= 4 is 34.2 Å². The van der Waals surface area contributed by atoms with E-state index in [-0.39, 0.29) is 18.3 Å². The van der Waals surface area contributed by atoms with Gasteiger partial charge in [0, 0.05) is 53.0 Å². The summed E-state index contributed by atoms with van der Waals surface area (Å²) < 4.78 is 7.87. The number of aromatic nitrogens is 1. The Hall–Kier alpha value is -3.48. The van der Waals surface area contributed by atoms with Crippen molar-refractivity contribution in [1.82, 2.24) is 9.47 Å². The average molecular weight is 583 g/mol. The van der Waals surface area contributed by atoms with Crippen molar-refractivity contribution in [3.05, 3.63) is 99.7 Å². The molecule has 0 unspecified atom stereocenters. The molecule has 3 aromatic carbocycles. The van der Waals surface area contributed by atoms with E-state index in [4.69, 9.17) is 4.74 Å². The molecular weight excluding hydrogens is 540 g/mol. The van der Waals surface area contributed by atoms with Gasteiger partial charge in [-0.1, -0.05) is 53.6 Å². The maximum absolute atomic E-state index is 13.6. The van der Waals surface area contributed by atoms with E-state index in [1.54, 1.807) is 17.8 Å². The van der Waals surface area contributed by atoms with Gasteiger partial charge in [0.25, 0.3) is 0 Å². The van der Waals surface area contributed by atoms with Crippen LogP contribution in [-0.4, -0.2) is 46.3 Å². The molecule has 1 aliphatic rings. The molecule has 0 radical (unpaired) electrons. The van der Waals surface area contributed by atoms with Gasteiger partial charge in [-0.25, -0.2) is 4.79 Å². The lowest BCUT2D eigenvalue weighted by molar-refractivity contribution is 0.0527. The molecule has 1 aliphatic heterocycles. The Morgan fingerprint density at radius 3 is 2.40 bits per heavy atom. The highest BCUT2D eigenvalue weighted by molar-refractivity contribution is 7.98. The number of benzene rings is 3. The fourth-order valence-corrected chi connectivity index (χ4v) is 6.88. The van der Waals surface area contributed by atoms with Crippen molar-refractivity contribution in [3.63, 3.8) is 0 Å². The zero-order valence-corrected chi connectivity index (χ0v) is 26.5. The molecule has 0 saturated carbocycles. The Morgan fingerprint density at radius 1 is 1.02 bits per heavy atom. The monoisotopic (exact) mass is 582 g/mol. The largest absolute Gasteiger partial charge is 0.507 e. The number of hydrogen-bond acceptors (Lipinski definition) is 5. The van der Waals surface area contributed by atoms with Crippen molar-refractivity contribution in [2.75, 3.05) is 19.7 Å². The van der Waals surface area contributed by atoms with E-state index in [9.17, 15) is 9.90 Å². The maximum atomic E-state index is 13.6. The molecule has 0 amide bonds. The Labute approximate surface area is 254 Å². The number of phenols is 1. The van der Waals surface area contributed by atoms with E-state index in [1.807, 2.05) is 6.92 Å². The summed E-state index contributed by atoms with van der Waals surface area (Å²) in [6, 6.07) is 19.4. The standard InChI is InChI=1S/C36H42N2O3S/c1-7-41-36(40)35-30-20-33(39)29(28-14-16-37(17-15-28)23(2)3)19-31(30)38(21-27-11-8-24(4)9-12-27)32(35)22-42-34-13-10-25(5)18-26(34)6/h8-14,18-20,23,39H,7,15-17,21-22H2,1-6H3. The summed E-state index contributed by atoms with van der Waals surface area (Å²) in [5.41, 5.74) is 9.21. The number of fused-ring (bicyclic) bond motifs is 1. The number of phenolic OH excluding ortho intramolecular Hbond substituents is 1. The smallest absolute Gasteiger partial charge is 0.340 e. The number of esters is 1. The van der Waals surface area contributed by atoms with Crippen molar-refractivity contribution in [2.45, 2.75) is 71.2 Å². The van der Waals surface area contributed by atoms with Crippen molar-refractivity contribution in [1.29, 1.82) is 0 Å². The molecule has 2 heterocycles. The van der Waals surface area contributed by atoms with Gasteiger partial charge in [0.2, 0.25) is 0 Å². The predicted octanol–water partition coefficient (Wildman–Crippen LogP) is 8.29. The Bertz CT molecular complexity index is 1630. The summed E-state index contributed by atoms with van der Waals surface area (Å²) in [4.78, 5) is 17.2. The zero-order valence-electron chi connectivity index (χ0n) is 25.7. The number of nitrogens with zero attached hydrogens (tertiary/aromatic N) is 2. The van der Waals surface area contributed by atoms with Crippen LogP contribution in [0.25, 0.3) is 16.5 Å². The van der Waals surface area contributed by atoms with Crippen LogP contribution in [0.2, 0.25) is 0 Å². The molecule has 1 N–H and O–H groups in total. The molecule has 0 spiro atoms. The highest BCUT2D eigenvalue weighted by Crippen LogP contribution is 2.39. The normalized spacial score (nSPS) is 14.0. The number of aromatic hydroxyl groups is 1. The van der Waals surface area contributed by atoms with Crippen LogP contribution >= 0.6 is 11.8 Å². The highest BCUT2D eigenvalue weighted by Gasteiger charge is 2.27. The third kappa shape index (κ3) is 6.30. The predicted molar refractivity (Wildman–Crippen MR) is 175 cm³/mol. The first kappa shape index (κ1) is 30.0. The lowest BCUT2D eigenvalue weighted by atomic mass is 9.96. The van der Waals surface area contributed by atoms with E-state index < -0.39 is 0 Å². The molecule has 5 nitrogen and oxygen atoms in total. The molecule has 0 aliphatic carbocycles. The molecular formula is C36H42N2O3S. The lowest BCUT2D eigenvalue weighted by Gasteiger charge is -2.30. The number of hydrogen-bond donors (Lipinski definition) is 1. The van der Waals surface area contributed by atoms with Crippen molar-refractivity contribution < 1.29 is 14.6 Å². The van der Waals surface area contributed by atoms with Gasteiger partial charge in [-0.2, -0.15) is 0 Å². The molecule has 220 valence electrons. The van der Waals surface area contributed by atoms with Gasteiger partial charge in [0.05, 0.1) is 17.7 Å². The van der Waals surface area contributed by atoms with Crippen LogP contribution in [0.3, 0.4) is 0 Å². The van der Waals surface area contributed by atoms with Gasteiger partial charge < -0.3 is 14.4 Å². The van der Waals surface area contributed by atoms with Gasteiger partial charge in [0.15, 0.2) is 0 Å². The first-order chi connectivity index (χ1) is 20.2. The minimum Gasteiger partial charge on any atom is -0.507 e. The van der Waals surface area contributed by atoms with Gasteiger partial charge in [-0.3, -0.25) is 4.90 Å². The maximum Gasteiger partial charge on any atom is 0.340 e. The summed E-state index contributed by atoms with van der Waals surface area (Å²) in [6.07, 6.45) is 3.11. The summed E-state index contributed by atoms with van der Waals surface area (Å²) in [7, 11) is 0. The second-order valence-electron chi connectivity index (χ2n) is 11.6. The van der Waals surface area contributed by atoms with Crippen molar-refractivity contribution in [2.24, 2.45) is 0 Å². The average Bonchev–Trinajstić information content (AvgIpc) is 3.25. The fourth-order valence-electron chi connectivity index (χ4n) is 5.84. The summed E-state index contributed by atoms with van der Waals surface area (Å²) >= 11 is 1.73. The third-order valence-corrected chi connectivity index (χ3v) is 9.43. The molecule has 4 aromatic rings. The van der Waals surface area contributed by atoms with Gasteiger partial charge in [-0.15, -0.1) is 11.8 Å². The van der Waals surface area contributed by atoms with Crippen LogP contribution in [0.1, 0.15) is 71.1 Å². The SMILES string of the molecule is CCOC(=O)c1c(CSc2ccc(C)cc2C)n(Cc2ccc(C)cc2)c2cc(C3=CCN(C(C)C)CC3)c(O)cc12. The Balaban J connectivity index is 1.67.